The van der Waals surface area contributed by atoms with Crippen LogP contribution in [0.4, 0.5) is 10.8 Å². The predicted octanol–water partition coefficient (Wildman–Crippen LogP) is 6.97. The van der Waals surface area contributed by atoms with Gasteiger partial charge in [-0.2, -0.15) is 0 Å². The number of aryl methyl sites for hydroxylation is 2. The molecule has 3 N–H and O–H groups in total. The molecule has 0 radical (unpaired) electrons. The Kier molecular flexibility index (Phi) is 11.7. The largest absolute Gasteiger partial charge is 0.351 e. The number of hydrogen-bond donors (Lipinski definition) is 3. The van der Waals surface area contributed by atoms with E-state index in [4.69, 9.17) is 0 Å². The molecule has 0 saturated carbocycles. The van der Waals surface area contributed by atoms with E-state index in [0.717, 1.165) is 46.3 Å². The summed E-state index contributed by atoms with van der Waals surface area (Å²) in [5.41, 5.74) is 4.56. The fourth-order valence-corrected chi connectivity index (χ4v) is 6.16. The highest BCUT2D eigenvalue weighted by Crippen LogP contribution is 2.27. The summed E-state index contributed by atoms with van der Waals surface area (Å²) in [6.45, 7) is 5.68. The molecule has 0 spiro atoms. The Morgan fingerprint density at radius 2 is 1.69 bits per heavy atom. The number of carbonyl (C=O) groups excluding carboxylic acids is 3. The third-order valence-corrected chi connectivity index (χ3v) is 8.93. The lowest BCUT2D eigenvalue weighted by molar-refractivity contribution is 0.0944. The van der Waals surface area contributed by atoms with Gasteiger partial charge in [0.2, 0.25) is 0 Å². The SMILES string of the molecule is CC(C)CCc1sc(NC(=O)c2cc(NC(=O)c3ccc(/C=C/c4cnc5ccccc5c4)cc3)cn2C)nc1C(=O)NCCCN(C)C. The normalized spacial score (nSPS) is 11.5. The molecule has 0 aliphatic rings. The van der Waals surface area contributed by atoms with E-state index >= 15 is 0 Å². The summed E-state index contributed by atoms with van der Waals surface area (Å²) < 4.78 is 1.64. The lowest BCUT2D eigenvalue weighted by Gasteiger charge is -2.10. The van der Waals surface area contributed by atoms with Gasteiger partial charge in [-0.05, 0) is 87.3 Å². The van der Waals surface area contributed by atoms with E-state index in [0.29, 0.717) is 46.7 Å². The molecular formula is C38H43N7O3S. The van der Waals surface area contributed by atoms with E-state index in [2.05, 4.69) is 50.7 Å². The van der Waals surface area contributed by atoms with Gasteiger partial charge >= 0.3 is 0 Å². The lowest BCUT2D eigenvalue weighted by Crippen LogP contribution is -2.28. The Hall–Kier alpha value is -5.13. The number of nitrogens with one attached hydrogen (secondary N) is 3. The monoisotopic (exact) mass is 677 g/mol. The van der Waals surface area contributed by atoms with Crippen LogP contribution in [0.2, 0.25) is 0 Å². The number of anilines is 2. The number of carbonyl (C=O) groups is 3. The van der Waals surface area contributed by atoms with Crippen LogP contribution in [0.5, 0.6) is 0 Å². The van der Waals surface area contributed by atoms with Crippen LogP contribution in [0.3, 0.4) is 0 Å². The first-order chi connectivity index (χ1) is 23.5. The van der Waals surface area contributed by atoms with Crippen LogP contribution in [0.15, 0.2) is 73.1 Å². The van der Waals surface area contributed by atoms with E-state index in [1.165, 1.54) is 11.3 Å². The van der Waals surface area contributed by atoms with Gasteiger partial charge in [0, 0.05) is 41.8 Å². The topological polar surface area (TPSA) is 121 Å². The van der Waals surface area contributed by atoms with Crippen LogP contribution in [0.25, 0.3) is 23.1 Å². The molecule has 10 nitrogen and oxygen atoms in total. The standard InChI is InChI=1S/C38H43N7O3S/c1-25(2)11-18-33-34(37(48)39-19-8-20-44(3)4)42-38(49-33)43-36(47)32-22-30(24-45(32)5)41-35(46)28-16-14-26(15-17-28)12-13-27-21-29-9-6-7-10-31(29)40-23-27/h6-7,9-10,12-17,21-25H,8,11,18-20H2,1-5H3,(H,39,48)(H,41,46)(H,42,43,47)/b13-12+. The quantitative estimate of drug-likeness (QED) is 0.109. The van der Waals surface area contributed by atoms with Gasteiger partial charge in [0.25, 0.3) is 17.7 Å². The van der Waals surface area contributed by atoms with Crippen LogP contribution in [0.1, 0.15) is 74.0 Å². The van der Waals surface area contributed by atoms with E-state index < -0.39 is 0 Å². The maximum atomic E-state index is 13.3. The second-order valence-corrected chi connectivity index (χ2v) is 13.8. The van der Waals surface area contributed by atoms with Crippen molar-refractivity contribution in [3.8, 4) is 0 Å². The van der Waals surface area contributed by atoms with Gasteiger partial charge in [0.05, 0.1) is 11.2 Å². The molecule has 0 atom stereocenters. The summed E-state index contributed by atoms with van der Waals surface area (Å²) in [5.74, 6) is -0.447. The Balaban J connectivity index is 1.20. The van der Waals surface area contributed by atoms with Gasteiger partial charge in [-0.15, -0.1) is 11.3 Å². The zero-order valence-electron chi connectivity index (χ0n) is 28.6. The number of thiazole rings is 1. The number of amides is 3. The average molecular weight is 678 g/mol. The van der Waals surface area contributed by atoms with Crippen molar-refractivity contribution >= 4 is 62.9 Å². The summed E-state index contributed by atoms with van der Waals surface area (Å²) in [7, 11) is 5.73. The van der Waals surface area contributed by atoms with Crippen molar-refractivity contribution < 1.29 is 14.4 Å². The number of fused-ring (bicyclic) bond motifs is 1. The van der Waals surface area contributed by atoms with Crippen LogP contribution in [-0.4, -0.2) is 64.3 Å². The first-order valence-corrected chi connectivity index (χ1v) is 17.2. The highest BCUT2D eigenvalue weighted by molar-refractivity contribution is 7.16. The fraction of sp³-hybridized carbons (Fsp3) is 0.289. The maximum absolute atomic E-state index is 13.3. The molecule has 0 aliphatic heterocycles. The van der Waals surface area contributed by atoms with Crippen molar-refractivity contribution in [2.24, 2.45) is 13.0 Å². The summed E-state index contributed by atoms with van der Waals surface area (Å²) in [6, 6.07) is 19.0. The molecule has 5 rings (SSSR count). The Bertz CT molecular complexity index is 1960. The molecule has 3 aromatic heterocycles. The second kappa shape index (κ2) is 16.3. The minimum Gasteiger partial charge on any atom is -0.351 e. The van der Waals surface area contributed by atoms with Gasteiger partial charge in [-0.1, -0.05) is 56.3 Å². The molecule has 0 bridgehead atoms. The van der Waals surface area contributed by atoms with Gasteiger partial charge in [0.15, 0.2) is 5.13 Å². The molecular weight excluding hydrogens is 635 g/mol. The maximum Gasteiger partial charge on any atom is 0.274 e. The molecule has 0 aliphatic carbocycles. The molecule has 2 aromatic carbocycles. The minimum atomic E-state index is -0.386. The smallest absolute Gasteiger partial charge is 0.274 e. The number of para-hydroxylation sites is 1. The average Bonchev–Trinajstić information content (AvgIpc) is 3.66. The lowest BCUT2D eigenvalue weighted by atomic mass is 10.1. The molecule has 5 aromatic rings. The number of aromatic nitrogens is 3. The number of benzene rings is 2. The van der Waals surface area contributed by atoms with Crippen molar-refractivity contribution in [3.05, 3.63) is 106 Å². The molecule has 49 heavy (non-hydrogen) atoms. The van der Waals surface area contributed by atoms with Crippen LogP contribution >= 0.6 is 11.3 Å². The first-order valence-electron chi connectivity index (χ1n) is 16.4. The fourth-order valence-electron chi connectivity index (χ4n) is 5.19. The molecule has 0 saturated heterocycles. The van der Waals surface area contributed by atoms with Crippen molar-refractivity contribution in [2.75, 3.05) is 37.8 Å². The number of rotatable bonds is 14. The van der Waals surface area contributed by atoms with Gasteiger partial charge < -0.3 is 20.1 Å². The number of nitrogens with zero attached hydrogens (tertiary/aromatic N) is 4. The van der Waals surface area contributed by atoms with E-state index in [-0.39, 0.29) is 17.7 Å². The zero-order chi connectivity index (χ0) is 34.9. The third kappa shape index (κ3) is 9.71. The van der Waals surface area contributed by atoms with E-state index in [1.54, 1.807) is 36.0 Å². The van der Waals surface area contributed by atoms with E-state index in [9.17, 15) is 14.4 Å². The third-order valence-electron chi connectivity index (χ3n) is 7.90. The molecule has 0 unspecified atom stereocenters. The predicted molar refractivity (Wildman–Crippen MR) is 199 cm³/mol. The van der Waals surface area contributed by atoms with Gasteiger partial charge in [-0.3, -0.25) is 24.7 Å². The Morgan fingerprint density at radius 3 is 2.45 bits per heavy atom. The summed E-state index contributed by atoms with van der Waals surface area (Å²) in [6.07, 6.45) is 9.92. The molecule has 0 fully saturated rings. The first kappa shape index (κ1) is 35.2. The highest BCUT2D eigenvalue weighted by atomic mass is 32.1. The van der Waals surface area contributed by atoms with E-state index in [1.807, 2.05) is 68.8 Å². The molecule has 3 heterocycles. The Labute approximate surface area is 291 Å². The van der Waals surface area contributed by atoms with Gasteiger partial charge in [0.1, 0.15) is 11.4 Å². The molecule has 11 heteroatoms. The van der Waals surface area contributed by atoms with Crippen molar-refractivity contribution in [3.63, 3.8) is 0 Å². The summed E-state index contributed by atoms with van der Waals surface area (Å²) in [5, 5.41) is 10.1. The second-order valence-electron chi connectivity index (χ2n) is 12.7. The number of pyridine rings is 1. The molecule has 254 valence electrons. The van der Waals surface area contributed by atoms with Crippen LogP contribution in [-0.2, 0) is 13.5 Å². The van der Waals surface area contributed by atoms with Crippen molar-refractivity contribution in [1.82, 2.24) is 24.8 Å². The summed E-state index contributed by atoms with van der Waals surface area (Å²) >= 11 is 1.32. The highest BCUT2D eigenvalue weighted by Gasteiger charge is 2.21. The molecule has 3 amide bonds. The van der Waals surface area contributed by atoms with Crippen LogP contribution in [0, 0.1) is 5.92 Å². The summed E-state index contributed by atoms with van der Waals surface area (Å²) in [4.78, 5) is 51.3. The van der Waals surface area contributed by atoms with Crippen molar-refractivity contribution in [1.29, 1.82) is 0 Å². The van der Waals surface area contributed by atoms with Crippen LogP contribution < -0.4 is 16.0 Å². The zero-order valence-corrected chi connectivity index (χ0v) is 29.4. The number of hydrogen-bond acceptors (Lipinski definition) is 7. The Morgan fingerprint density at radius 1 is 0.939 bits per heavy atom. The van der Waals surface area contributed by atoms with Gasteiger partial charge in [-0.25, -0.2) is 4.98 Å². The minimum absolute atomic E-state index is 0.232. The van der Waals surface area contributed by atoms with Crippen molar-refractivity contribution in [2.45, 2.75) is 33.1 Å².